The van der Waals surface area contributed by atoms with Gasteiger partial charge in [0.25, 0.3) is 5.91 Å². The molecule has 2 amide bonds. The average molecular weight is 719 g/mol. The molecule has 0 aliphatic carbocycles. The van der Waals surface area contributed by atoms with E-state index in [1.807, 2.05) is 80.7 Å². The molecule has 10 heteroatoms. The summed E-state index contributed by atoms with van der Waals surface area (Å²) in [5.41, 5.74) is 1.55. The van der Waals surface area contributed by atoms with Crippen LogP contribution in [0.3, 0.4) is 0 Å². The van der Waals surface area contributed by atoms with Gasteiger partial charge in [0.05, 0.1) is 31.4 Å². The number of fused-ring (bicyclic) bond motifs is 2. The quantitative estimate of drug-likeness (QED) is 0.219. The molecule has 1 spiro atoms. The maximum Gasteiger partial charge on any atom is 0.264 e. The highest BCUT2D eigenvalue weighted by Crippen LogP contribution is 2.60. The summed E-state index contributed by atoms with van der Waals surface area (Å²) in [6.07, 6.45) is -0.703. The third-order valence-electron chi connectivity index (χ3n) is 8.49. The number of carbonyl (C=O) groups is 2. The minimum atomic E-state index is -2.96. The first-order chi connectivity index (χ1) is 20.0. The van der Waals surface area contributed by atoms with Gasteiger partial charge in [0.1, 0.15) is 0 Å². The predicted octanol–water partition coefficient (Wildman–Crippen LogP) is 5.70. The Balaban J connectivity index is 1.51. The smallest absolute Gasteiger partial charge is 0.264 e. The van der Waals surface area contributed by atoms with E-state index < -0.39 is 31.5 Å². The number of benzene rings is 3. The van der Waals surface area contributed by atoms with Crippen LogP contribution in [0.5, 0.6) is 0 Å². The Morgan fingerprint density at radius 3 is 2.48 bits per heavy atom. The molecule has 0 aromatic heterocycles. The van der Waals surface area contributed by atoms with Crippen LogP contribution in [0.1, 0.15) is 30.0 Å². The second kappa shape index (κ2) is 12.4. The normalized spacial score (nSPS) is 23.5. The molecule has 2 aliphatic rings. The number of aliphatic hydroxyl groups is 1. The van der Waals surface area contributed by atoms with E-state index in [0.29, 0.717) is 23.7 Å². The SMILES string of the molecule is C[C@H]1[C@H]([Si](C)(C)O)[C@@H](CC(=O)N(CCO)Cc2ccccc2)O[C@]12C(=O)N(Cc1cccc(I)c1)c1ccc(Cl)cc12. The second-order valence-electron chi connectivity index (χ2n) is 11.8. The van der Waals surface area contributed by atoms with E-state index in [4.69, 9.17) is 16.3 Å². The highest BCUT2D eigenvalue weighted by Gasteiger charge is 2.66. The van der Waals surface area contributed by atoms with Gasteiger partial charge in [-0.25, -0.2) is 0 Å². The van der Waals surface area contributed by atoms with Gasteiger partial charge < -0.3 is 24.4 Å². The Morgan fingerprint density at radius 1 is 1.10 bits per heavy atom. The van der Waals surface area contributed by atoms with E-state index in [0.717, 1.165) is 20.4 Å². The standard InChI is InChI=1S/C32H36ClIN2O5Si/c1-21-30(42(2,3)40)28(18-29(38)35(14-15-37)19-22-8-5-4-6-9-22)41-32(21)26-17-24(33)12-13-27(26)36(31(32)39)20-23-10-7-11-25(34)16-23/h4-13,16-17,21,28,30,37,40H,14-15,18-20H2,1-3H3/t21-,28+,30-,32+/m0/s1. The summed E-state index contributed by atoms with van der Waals surface area (Å²) >= 11 is 8.76. The Labute approximate surface area is 266 Å². The molecule has 7 nitrogen and oxygen atoms in total. The third-order valence-corrected chi connectivity index (χ3v) is 11.9. The molecule has 2 heterocycles. The Hall–Kier alpha value is -2.28. The van der Waals surface area contributed by atoms with Gasteiger partial charge in [-0.15, -0.1) is 0 Å². The van der Waals surface area contributed by atoms with Crippen LogP contribution in [-0.4, -0.2) is 54.2 Å². The maximum atomic E-state index is 14.5. The molecule has 0 bridgehead atoms. The van der Waals surface area contributed by atoms with E-state index in [2.05, 4.69) is 22.6 Å². The van der Waals surface area contributed by atoms with Crippen LogP contribution in [0.4, 0.5) is 5.69 Å². The summed E-state index contributed by atoms with van der Waals surface area (Å²) in [6, 6.07) is 23.0. The van der Waals surface area contributed by atoms with Crippen LogP contribution in [0, 0.1) is 9.49 Å². The number of anilines is 1. The topological polar surface area (TPSA) is 90.3 Å². The number of ether oxygens (including phenoxy) is 1. The average Bonchev–Trinajstić information content (AvgIpc) is 3.35. The minimum absolute atomic E-state index is 0.0133. The first kappa shape index (κ1) is 31.2. The fourth-order valence-corrected chi connectivity index (χ4v) is 10.1. The molecule has 4 atom stereocenters. The van der Waals surface area contributed by atoms with Crippen molar-refractivity contribution in [1.29, 1.82) is 0 Å². The lowest BCUT2D eigenvalue weighted by Crippen LogP contribution is -2.46. The zero-order chi connectivity index (χ0) is 30.2. The van der Waals surface area contributed by atoms with Crippen LogP contribution in [0.15, 0.2) is 72.8 Å². The van der Waals surface area contributed by atoms with E-state index in [9.17, 15) is 19.5 Å². The summed E-state index contributed by atoms with van der Waals surface area (Å²) in [5, 5.41) is 10.2. The van der Waals surface area contributed by atoms with E-state index in [1.54, 1.807) is 21.9 Å². The maximum absolute atomic E-state index is 14.5. The number of nitrogens with zero attached hydrogens (tertiary/aromatic N) is 2. The molecular formula is C32H36ClIN2O5Si. The van der Waals surface area contributed by atoms with Crippen molar-refractivity contribution in [3.8, 4) is 0 Å². The molecule has 3 aromatic carbocycles. The summed E-state index contributed by atoms with van der Waals surface area (Å²) in [7, 11) is -2.96. The number of hydrogen-bond acceptors (Lipinski definition) is 5. The summed E-state index contributed by atoms with van der Waals surface area (Å²) in [5.74, 6) is -0.813. The van der Waals surface area contributed by atoms with Gasteiger partial charge in [0.15, 0.2) is 13.9 Å². The van der Waals surface area contributed by atoms with Crippen molar-refractivity contribution in [3.05, 3.63) is 98.1 Å². The molecule has 5 rings (SSSR count). The van der Waals surface area contributed by atoms with Crippen LogP contribution in [-0.2, 0) is 33.0 Å². The van der Waals surface area contributed by atoms with Crippen molar-refractivity contribution in [2.75, 3.05) is 18.1 Å². The van der Waals surface area contributed by atoms with Crippen LogP contribution >= 0.6 is 34.2 Å². The molecule has 0 unspecified atom stereocenters. The lowest BCUT2D eigenvalue weighted by molar-refractivity contribution is -0.150. The van der Waals surface area contributed by atoms with Crippen LogP contribution < -0.4 is 4.90 Å². The van der Waals surface area contributed by atoms with Crippen LogP contribution in [0.25, 0.3) is 0 Å². The highest BCUT2D eigenvalue weighted by atomic mass is 127. The number of rotatable bonds is 9. The van der Waals surface area contributed by atoms with Gasteiger partial charge in [0.2, 0.25) is 5.91 Å². The van der Waals surface area contributed by atoms with Crippen molar-refractivity contribution in [1.82, 2.24) is 4.90 Å². The van der Waals surface area contributed by atoms with Crippen molar-refractivity contribution >= 4 is 60.0 Å². The number of halogens is 2. The van der Waals surface area contributed by atoms with Crippen LogP contribution in [0.2, 0.25) is 23.7 Å². The Kier molecular flexibility index (Phi) is 9.18. The van der Waals surface area contributed by atoms with Gasteiger partial charge in [-0.1, -0.05) is 61.0 Å². The largest absolute Gasteiger partial charge is 0.432 e. The van der Waals surface area contributed by atoms with Gasteiger partial charge in [-0.3, -0.25) is 9.59 Å². The first-order valence-corrected chi connectivity index (χ1v) is 18.6. The molecule has 2 aliphatic heterocycles. The van der Waals surface area contributed by atoms with Crippen molar-refractivity contribution < 1.29 is 24.2 Å². The van der Waals surface area contributed by atoms with Crippen molar-refractivity contribution in [3.63, 3.8) is 0 Å². The molecular weight excluding hydrogens is 683 g/mol. The van der Waals surface area contributed by atoms with E-state index >= 15 is 0 Å². The summed E-state index contributed by atoms with van der Waals surface area (Å²) in [4.78, 5) is 43.2. The monoisotopic (exact) mass is 718 g/mol. The molecule has 1 saturated heterocycles. The fourth-order valence-electron chi connectivity index (χ4n) is 6.74. The third kappa shape index (κ3) is 5.91. The summed E-state index contributed by atoms with van der Waals surface area (Å²) in [6.45, 7) is 6.33. The van der Waals surface area contributed by atoms with Gasteiger partial charge in [-0.05, 0) is 77.1 Å². The number of aliphatic hydroxyl groups excluding tert-OH is 1. The van der Waals surface area contributed by atoms with Gasteiger partial charge in [0, 0.05) is 38.7 Å². The van der Waals surface area contributed by atoms with Gasteiger partial charge in [-0.2, -0.15) is 0 Å². The summed E-state index contributed by atoms with van der Waals surface area (Å²) < 4.78 is 7.88. The fraction of sp³-hybridized carbons (Fsp3) is 0.375. The predicted molar refractivity (Wildman–Crippen MR) is 175 cm³/mol. The zero-order valence-electron chi connectivity index (χ0n) is 24.0. The Morgan fingerprint density at radius 2 is 1.81 bits per heavy atom. The zero-order valence-corrected chi connectivity index (χ0v) is 27.9. The van der Waals surface area contributed by atoms with Crippen molar-refractivity contribution in [2.24, 2.45) is 5.92 Å². The highest BCUT2D eigenvalue weighted by molar-refractivity contribution is 14.1. The number of hydrogen-bond donors (Lipinski definition) is 2. The second-order valence-corrected chi connectivity index (χ2v) is 17.4. The molecule has 1 fully saturated rings. The minimum Gasteiger partial charge on any atom is -0.432 e. The first-order valence-electron chi connectivity index (χ1n) is 14.1. The molecule has 2 N–H and O–H groups in total. The lowest BCUT2D eigenvalue weighted by atomic mass is 9.82. The number of carbonyl (C=O) groups excluding carboxylic acids is 2. The molecule has 0 radical (unpaired) electrons. The molecule has 3 aromatic rings. The number of amides is 2. The molecule has 222 valence electrons. The molecule has 0 saturated carbocycles. The van der Waals surface area contributed by atoms with E-state index in [1.165, 1.54) is 0 Å². The molecule has 42 heavy (non-hydrogen) atoms. The Bertz CT molecular complexity index is 1470. The van der Waals surface area contributed by atoms with Gasteiger partial charge >= 0.3 is 0 Å². The van der Waals surface area contributed by atoms with E-state index in [-0.39, 0.29) is 31.4 Å². The lowest BCUT2D eigenvalue weighted by Gasteiger charge is -2.32. The van der Waals surface area contributed by atoms with Crippen molar-refractivity contribution in [2.45, 2.75) is 56.8 Å².